The van der Waals surface area contributed by atoms with Gasteiger partial charge in [0.05, 0.1) is 6.20 Å². The Morgan fingerprint density at radius 3 is 2.87 bits per heavy atom. The van der Waals surface area contributed by atoms with Gasteiger partial charge in [0.15, 0.2) is 5.82 Å². The summed E-state index contributed by atoms with van der Waals surface area (Å²) in [6, 6.07) is 0. The molecule has 1 N–H and O–H groups in total. The SMILES string of the molecule is CCCN(CCNC)c1ncncc1Cl. The molecule has 84 valence electrons. The zero-order valence-corrected chi connectivity index (χ0v) is 9.96. The molecule has 0 aliphatic heterocycles. The van der Waals surface area contributed by atoms with E-state index in [0.717, 1.165) is 31.9 Å². The molecule has 5 heteroatoms. The molecule has 1 heterocycles. The molecule has 4 nitrogen and oxygen atoms in total. The largest absolute Gasteiger partial charge is 0.354 e. The normalized spacial score (nSPS) is 10.3. The van der Waals surface area contributed by atoms with Crippen LogP contribution in [0.1, 0.15) is 13.3 Å². The van der Waals surface area contributed by atoms with Crippen LogP contribution in [0.5, 0.6) is 0 Å². The summed E-state index contributed by atoms with van der Waals surface area (Å²) < 4.78 is 0. The van der Waals surface area contributed by atoms with Crippen LogP contribution in [-0.2, 0) is 0 Å². The summed E-state index contributed by atoms with van der Waals surface area (Å²) in [4.78, 5) is 10.3. The van der Waals surface area contributed by atoms with Gasteiger partial charge in [0.1, 0.15) is 11.3 Å². The van der Waals surface area contributed by atoms with Crippen molar-refractivity contribution in [3.63, 3.8) is 0 Å². The molecule has 0 unspecified atom stereocenters. The van der Waals surface area contributed by atoms with Crippen LogP contribution in [-0.4, -0.2) is 36.6 Å². The fourth-order valence-electron chi connectivity index (χ4n) is 1.38. The molecule has 1 aromatic rings. The highest BCUT2D eigenvalue weighted by Crippen LogP contribution is 2.20. The molecule has 1 aromatic heterocycles. The lowest BCUT2D eigenvalue weighted by Gasteiger charge is -2.23. The Morgan fingerprint density at radius 2 is 2.27 bits per heavy atom. The Hall–Kier alpha value is -0.870. The van der Waals surface area contributed by atoms with E-state index in [2.05, 4.69) is 27.1 Å². The average molecular weight is 229 g/mol. The van der Waals surface area contributed by atoms with E-state index in [1.807, 2.05) is 7.05 Å². The van der Waals surface area contributed by atoms with Crippen LogP contribution >= 0.6 is 11.6 Å². The summed E-state index contributed by atoms with van der Waals surface area (Å²) in [5, 5.41) is 3.73. The van der Waals surface area contributed by atoms with Gasteiger partial charge in [-0.15, -0.1) is 0 Å². The Labute approximate surface area is 95.7 Å². The number of anilines is 1. The van der Waals surface area contributed by atoms with Crippen LogP contribution in [0, 0.1) is 0 Å². The maximum Gasteiger partial charge on any atom is 0.150 e. The van der Waals surface area contributed by atoms with E-state index >= 15 is 0 Å². The molecule has 0 fully saturated rings. The summed E-state index contributed by atoms with van der Waals surface area (Å²) >= 11 is 6.05. The second-order valence-electron chi connectivity index (χ2n) is 3.28. The molecule has 0 saturated carbocycles. The van der Waals surface area contributed by atoms with Crippen molar-refractivity contribution in [2.75, 3.05) is 31.6 Å². The third-order valence-electron chi connectivity index (χ3n) is 2.07. The third kappa shape index (κ3) is 3.64. The number of halogens is 1. The van der Waals surface area contributed by atoms with Crippen molar-refractivity contribution in [2.24, 2.45) is 0 Å². The van der Waals surface area contributed by atoms with E-state index < -0.39 is 0 Å². The van der Waals surface area contributed by atoms with E-state index in [0.29, 0.717) is 5.02 Å². The van der Waals surface area contributed by atoms with Gasteiger partial charge in [0, 0.05) is 19.6 Å². The van der Waals surface area contributed by atoms with Gasteiger partial charge < -0.3 is 10.2 Å². The predicted molar refractivity (Wildman–Crippen MR) is 63.5 cm³/mol. The maximum atomic E-state index is 6.05. The number of nitrogens with one attached hydrogen (secondary N) is 1. The molecular weight excluding hydrogens is 212 g/mol. The van der Waals surface area contributed by atoms with Crippen LogP contribution in [0.25, 0.3) is 0 Å². The molecule has 0 spiro atoms. The first-order valence-electron chi connectivity index (χ1n) is 5.14. The molecular formula is C10H17ClN4. The topological polar surface area (TPSA) is 41.0 Å². The maximum absolute atomic E-state index is 6.05. The minimum absolute atomic E-state index is 0.613. The van der Waals surface area contributed by atoms with Crippen LogP contribution in [0.3, 0.4) is 0 Å². The molecule has 0 aliphatic carbocycles. The Balaban J connectivity index is 2.74. The lowest BCUT2D eigenvalue weighted by molar-refractivity contribution is 0.701. The van der Waals surface area contributed by atoms with Crippen LogP contribution in [0.15, 0.2) is 12.5 Å². The van der Waals surface area contributed by atoms with Gasteiger partial charge in [-0.25, -0.2) is 9.97 Å². The minimum atomic E-state index is 0.613. The molecule has 0 aliphatic rings. The molecule has 15 heavy (non-hydrogen) atoms. The highest BCUT2D eigenvalue weighted by molar-refractivity contribution is 6.32. The standard InChI is InChI=1S/C10H17ClN4/c1-3-5-15(6-4-12-2)10-9(11)7-13-8-14-10/h7-8,12H,3-6H2,1-2H3. The van der Waals surface area contributed by atoms with E-state index in [4.69, 9.17) is 11.6 Å². The minimum Gasteiger partial charge on any atom is -0.354 e. The summed E-state index contributed by atoms with van der Waals surface area (Å²) in [6.07, 6.45) is 4.24. The first-order chi connectivity index (χ1) is 7.29. The van der Waals surface area contributed by atoms with Crippen LogP contribution < -0.4 is 10.2 Å². The van der Waals surface area contributed by atoms with Crippen molar-refractivity contribution < 1.29 is 0 Å². The van der Waals surface area contributed by atoms with Crippen molar-refractivity contribution >= 4 is 17.4 Å². The molecule has 0 atom stereocenters. The number of hydrogen-bond donors (Lipinski definition) is 1. The molecule has 0 aromatic carbocycles. The Bertz CT molecular complexity index is 293. The molecule has 0 saturated heterocycles. The number of hydrogen-bond acceptors (Lipinski definition) is 4. The number of aromatic nitrogens is 2. The summed E-state index contributed by atoms with van der Waals surface area (Å²) in [5.74, 6) is 0.823. The molecule has 1 rings (SSSR count). The molecule has 0 bridgehead atoms. The predicted octanol–water partition coefficient (Wildman–Crippen LogP) is 1.57. The van der Waals surface area contributed by atoms with Gasteiger partial charge >= 0.3 is 0 Å². The van der Waals surface area contributed by atoms with E-state index in [9.17, 15) is 0 Å². The summed E-state index contributed by atoms with van der Waals surface area (Å²) in [7, 11) is 1.94. The first-order valence-corrected chi connectivity index (χ1v) is 5.52. The van der Waals surface area contributed by atoms with Crippen LogP contribution in [0.4, 0.5) is 5.82 Å². The molecule has 0 radical (unpaired) electrons. The number of likely N-dealkylation sites (N-methyl/N-ethyl adjacent to an activating group) is 1. The Morgan fingerprint density at radius 1 is 1.47 bits per heavy atom. The lowest BCUT2D eigenvalue weighted by Crippen LogP contribution is -2.32. The van der Waals surface area contributed by atoms with Gasteiger partial charge in [-0.3, -0.25) is 0 Å². The fraction of sp³-hybridized carbons (Fsp3) is 0.600. The Kier molecular flexibility index (Phi) is 5.36. The van der Waals surface area contributed by atoms with Crippen molar-refractivity contribution in [2.45, 2.75) is 13.3 Å². The van der Waals surface area contributed by atoms with E-state index in [1.54, 1.807) is 6.20 Å². The highest BCUT2D eigenvalue weighted by Gasteiger charge is 2.09. The second kappa shape index (κ2) is 6.58. The van der Waals surface area contributed by atoms with Gasteiger partial charge in [0.25, 0.3) is 0 Å². The van der Waals surface area contributed by atoms with Gasteiger partial charge in [0.2, 0.25) is 0 Å². The smallest absolute Gasteiger partial charge is 0.150 e. The van der Waals surface area contributed by atoms with Crippen molar-refractivity contribution in [3.8, 4) is 0 Å². The number of nitrogens with zero attached hydrogens (tertiary/aromatic N) is 3. The van der Waals surface area contributed by atoms with Crippen molar-refractivity contribution in [3.05, 3.63) is 17.5 Å². The lowest BCUT2D eigenvalue weighted by atomic mass is 10.4. The second-order valence-corrected chi connectivity index (χ2v) is 3.69. The summed E-state index contributed by atoms with van der Waals surface area (Å²) in [6.45, 7) is 4.92. The van der Waals surface area contributed by atoms with Crippen molar-refractivity contribution in [1.82, 2.24) is 15.3 Å². The number of rotatable bonds is 6. The van der Waals surface area contributed by atoms with Gasteiger partial charge in [-0.1, -0.05) is 18.5 Å². The van der Waals surface area contributed by atoms with E-state index in [-0.39, 0.29) is 0 Å². The van der Waals surface area contributed by atoms with E-state index in [1.165, 1.54) is 6.33 Å². The monoisotopic (exact) mass is 228 g/mol. The first kappa shape index (κ1) is 12.2. The highest BCUT2D eigenvalue weighted by atomic mass is 35.5. The average Bonchev–Trinajstić information content (AvgIpc) is 2.25. The van der Waals surface area contributed by atoms with Gasteiger partial charge in [-0.2, -0.15) is 0 Å². The quantitative estimate of drug-likeness (QED) is 0.803. The van der Waals surface area contributed by atoms with Crippen molar-refractivity contribution in [1.29, 1.82) is 0 Å². The third-order valence-corrected chi connectivity index (χ3v) is 2.34. The zero-order chi connectivity index (χ0) is 11.1. The van der Waals surface area contributed by atoms with Gasteiger partial charge in [-0.05, 0) is 13.5 Å². The molecule has 0 amide bonds. The fourth-order valence-corrected chi connectivity index (χ4v) is 1.60. The van der Waals surface area contributed by atoms with Crippen LogP contribution in [0.2, 0.25) is 5.02 Å². The zero-order valence-electron chi connectivity index (χ0n) is 9.20. The summed E-state index contributed by atoms with van der Waals surface area (Å²) in [5.41, 5.74) is 0.